The third kappa shape index (κ3) is 4.01. The van der Waals surface area contributed by atoms with Gasteiger partial charge in [0.1, 0.15) is 6.07 Å². The van der Waals surface area contributed by atoms with Gasteiger partial charge in [-0.3, -0.25) is 0 Å². The number of nitrogens with zero attached hydrogens (tertiary/aromatic N) is 4. The third-order valence-electron chi connectivity index (χ3n) is 6.08. The lowest BCUT2D eigenvalue weighted by Gasteiger charge is -2.39. The second-order valence-electron chi connectivity index (χ2n) is 7.86. The number of anilines is 3. The quantitative estimate of drug-likeness (QED) is 0.839. The highest BCUT2D eigenvalue weighted by atomic mass is 35.5. The average molecular weight is 410 g/mol. The number of benzene rings is 2. The summed E-state index contributed by atoms with van der Waals surface area (Å²) in [6.07, 6.45) is 0. The molecule has 0 bridgehead atoms. The van der Waals surface area contributed by atoms with Crippen molar-refractivity contribution in [2.45, 2.75) is 13.8 Å². The summed E-state index contributed by atoms with van der Waals surface area (Å²) >= 11 is 6.19. The lowest BCUT2D eigenvalue weighted by Crippen LogP contribution is -2.47. The van der Waals surface area contributed by atoms with Crippen molar-refractivity contribution >= 4 is 28.7 Å². The van der Waals surface area contributed by atoms with Crippen LogP contribution in [-0.2, 0) is 0 Å². The molecular weight excluding hydrogens is 382 g/mol. The molecule has 152 valence electrons. The maximum absolute atomic E-state index is 9.74. The van der Waals surface area contributed by atoms with Crippen LogP contribution in [0.25, 0.3) is 0 Å². The van der Waals surface area contributed by atoms with E-state index in [9.17, 15) is 5.26 Å². The van der Waals surface area contributed by atoms with E-state index in [1.54, 1.807) is 0 Å². The fraction of sp³-hybridized carbons (Fsp3) is 0.435. The molecule has 0 unspecified atom stereocenters. The molecule has 1 N–H and O–H groups in total. The van der Waals surface area contributed by atoms with Gasteiger partial charge in [0.2, 0.25) is 0 Å². The molecule has 0 saturated carbocycles. The Bertz CT molecular complexity index is 922. The van der Waals surface area contributed by atoms with Gasteiger partial charge in [0, 0.05) is 68.8 Å². The summed E-state index contributed by atoms with van der Waals surface area (Å²) in [6, 6.07) is 12.8. The van der Waals surface area contributed by atoms with Crippen LogP contribution in [0, 0.1) is 25.2 Å². The monoisotopic (exact) mass is 409 g/mol. The summed E-state index contributed by atoms with van der Waals surface area (Å²) in [5.74, 6) is 0. The van der Waals surface area contributed by atoms with Crippen molar-refractivity contribution < 1.29 is 0 Å². The first-order chi connectivity index (χ1) is 14.1. The zero-order chi connectivity index (χ0) is 20.4. The Labute approximate surface area is 178 Å². The number of aryl methyl sites for hydroxylation is 1. The zero-order valence-corrected chi connectivity index (χ0v) is 18.0. The van der Waals surface area contributed by atoms with Crippen LogP contribution in [0.1, 0.15) is 16.7 Å². The van der Waals surface area contributed by atoms with Crippen LogP contribution in [0.2, 0.25) is 5.02 Å². The predicted molar refractivity (Wildman–Crippen MR) is 122 cm³/mol. The molecule has 5 nitrogen and oxygen atoms in total. The van der Waals surface area contributed by atoms with Gasteiger partial charge in [0.05, 0.1) is 11.3 Å². The van der Waals surface area contributed by atoms with Crippen LogP contribution in [0.5, 0.6) is 0 Å². The van der Waals surface area contributed by atoms with Crippen molar-refractivity contribution in [3.63, 3.8) is 0 Å². The summed E-state index contributed by atoms with van der Waals surface area (Å²) in [4.78, 5) is 7.23. The van der Waals surface area contributed by atoms with Gasteiger partial charge >= 0.3 is 0 Å². The first kappa shape index (κ1) is 19.9. The van der Waals surface area contributed by atoms with Crippen molar-refractivity contribution in [1.82, 2.24) is 5.32 Å². The Morgan fingerprint density at radius 2 is 1.59 bits per heavy atom. The van der Waals surface area contributed by atoms with E-state index in [1.807, 2.05) is 19.1 Å². The Hall–Kier alpha value is -2.42. The van der Waals surface area contributed by atoms with Gasteiger partial charge in [-0.2, -0.15) is 5.26 Å². The molecule has 0 spiro atoms. The van der Waals surface area contributed by atoms with Crippen LogP contribution in [-0.4, -0.2) is 52.4 Å². The SMILES string of the molecule is Cc1cc(N2CCN(c3c(C#N)ccc(N4CCNCC4)c3C)CC2)ccc1Cl. The van der Waals surface area contributed by atoms with Crippen molar-refractivity contribution in [2.75, 3.05) is 67.1 Å². The molecule has 2 saturated heterocycles. The molecule has 2 aliphatic heterocycles. The lowest BCUT2D eigenvalue weighted by atomic mass is 10.0. The minimum absolute atomic E-state index is 0.775. The predicted octanol–water partition coefficient (Wildman–Crippen LogP) is 3.56. The molecule has 0 amide bonds. The molecule has 2 heterocycles. The molecular formula is C23H28ClN5. The Kier molecular flexibility index (Phi) is 5.84. The van der Waals surface area contributed by atoms with Crippen molar-refractivity contribution in [3.8, 4) is 6.07 Å². The smallest absolute Gasteiger partial charge is 0.101 e. The van der Waals surface area contributed by atoms with Gasteiger partial charge in [0.15, 0.2) is 0 Å². The number of hydrogen-bond acceptors (Lipinski definition) is 5. The topological polar surface area (TPSA) is 45.5 Å². The van der Waals surface area contributed by atoms with Gasteiger partial charge < -0.3 is 20.0 Å². The zero-order valence-electron chi connectivity index (χ0n) is 17.2. The largest absolute Gasteiger partial charge is 0.369 e. The first-order valence-electron chi connectivity index (χ1n) is 10.3. The number of piperazine rings is 2. The minimum atomic E-state index is 0.775. The van der Waals surface area contributed by atoms with Gasteiger partial charge in [-0.25, -0.2) is 0 Å². The van der Waals surface area contributed by atoms with Crippen LogP contribution in [0.15, 0.2) is 30.3 Å². The highest BCUT2D eigenvalue weighted by Crippen LogP contribution is 2.34. The summed E-state index contributed by atoms with van der Waals surface area (Å²) in [7, 11) is 0. The maximum atomic E-state index is 9.74. The highest BCUT2D eigenvalue weighted by molar-refractivity contribution is 6.31. The van der Waals surface area contributed by atoms with Gasteiger partial charge in [-0.1, -0.05) is 11.6 Å². The van der Waals surface area contributed by atoms with E-state index in [1.165, 1.54) is 16.9 Å². The maximum Gasteiger partial charge on any atom is 0.101 e. The average Bonchev–Trinajstić information content (AvgIpc) is 2.76. The molecule has 0 atom stereocenters. The molecule has 2 aliphatic rings. The van der Waals surface area contributed by atoms with E-state index < -0.39 is 0 Å². The Morgan fingerprint density at radius 3 is 2.24 bits per heavy atom. The van der Waals surface area contributed by atoms with Gasteiger partial charge in [-0.05, 0) is 55.3 Å². The fourth-order valence-corrected chi connectivity index (χ4v) is 4.57. The molecule has 4 rings (SSSR count). The van der Waals surface area contributed by atoms with E-state index in [4.69, 9.17) is 11.6 Å². The van der Waals surface area contributed by atoms with Crippen molar-refractivity contribution in [1.29, 1.82) is 5.26 Å². The second-order valence-corrected chi connectivity index (χ2v) is 8.27. The number of hydrogen-bond donors (Lipinski definition) is 1. The number of nitriles is 1. The molecule has 2 aromatic rings. The lowest BCUT2D eigenvalue weighted by molar-refractivity contribution is 0.588. The van der Waals surface area contributed by atoms with E-state index in [0.29, 0.717) is 0 Å². The van der Waals surface area contributed by atoms with E-state index in [2.05, 4.69) is 51.2 Å². The van der Waals surface area contributed by atoms with Crippen LogP contribution < -0.4 is 20.0 Å². The minimum Gasteiger partial charge on any atom is -0.369 e. The van der Waals surface area contributed by atoms with Crippen molar-refractivity contribution in [3.05, 3.63) is 52.0 Å². The van der Waals surface area contributed by atoms with Gasteiger partial charge in [-0.15, -0.1) is 0 Å². The van der Waals surface area contributed by atoms with E-state index >= 15 is 0 Å². The normalized spacial score (nSPS) is 17.4. The number of rotatable bonds is 3. The standard InChI is InChI=1S/C23H28ClN5/c1-17-15-20(4-5-21(17)24)27-11-13-29(14-12-27)23-18(2)22(6-3-19(23)16-25)28-9-7-26-8-10-28/h3-6,15,26H,7-14H2,1-2H3. The Morgan fingerprint density at radius 1 is 0.897 bits per heavy atom. The second kappa shape index (κ2) is 8.52. The molecule has 2 aromatic carbocycles. The summed E-state index contributed by atoms with van der Waals surface area (Å²) < 4.78 is 0. The molecule has 29 heavy (non-hydrogen) atoms. The molecule has 2 fully saturated rings. The molecule has 6 heteroatoms. The fourth-order valence-electron chi connectivity index (χ4n) is 4.45. The van der Waals surface area contributed by atoms with E-state index in [-0.39, 0.29) is 0 Å². The summed E-state index contributed by atoms with van der Waals surface area (Å²) in [5.41, 5.74) is 6.70. The van der Waals surface area contributed by atoms with Crippen LogP contribution in [0.3, 0.4) is 0 Å². The number of nitrogens with one attached hydrogen (secondary N) is 1. The van der Waals surface area contributed by atoms with Crippen LogP contribution >= 0.6 is 11.6 Å². The third-order valence-corrected chi connectivity index (χ3v) is 6.51. The highest BCUT2D eigenvalue weighted by Gasteiger charge is 2.24. The summed E-state index contributed by atoms with van der Waals surface area (Å²) in [6.45, 7) is 11.9. The van der Waals surface area contributed by atoms with Gasteiger partial charge in [0.25, 0.3) is 0 Å². The van der Waals surface area contributed by atoms with Crippen LogP contribution in [0.4, 0.5) is 17.1 Å². The Balaban J connectivity index is 1.55. The van der Waals surface area contributed by atoms with E-state index in [0.717, 1.165) is 74.2 Å². The first-order valence-corrected chi connectivity index (χ1v) is 10.7. The number of halogens is 1. The molecule has 0 aromatic heterocycles. The molecule has 0 aliphatic carbocycles. The summed E-state index contributed by atoms with van der Waals surface area (Å²) in [5, 5.41) is 14.0. The van der Waals surface area contributed by atoms with Crippen molar-refractivity contribution in [2.24, 2.45) is 0 Å². The molecule has 0 radical (unpaired) electrons.